The van der Waals surface area contributed by atoms with Crippen LogP contribution >= 0.6 is 0 Å². The Bertz CT molecular complexity index is 1470. The molecule has 6 nitrogen and oxygen atoms in total. The van der Waals surface area contributed by atoms with E-state index in [9.17, 15) is 14.0 Å². The second-order valence-electron chi connectivity index (χ2n) is 10.1. The highest BCUT2D eigenvalue weighted by Crippen LogP contribution is 2.34. The van der Waals surface area contributed by atoms with Crippen LogP contribution in [0.15, 0.2) is 91.0 Å². The van der Waals surface area contributed by atoms with E-state index in [1.54, 1.807) is 17.0 Å². The Hall–Kier alpha value is -4.23. The van der Waals surface area contributed by atoms with Gasteiger partial charge in [0.25, 0.3) is 0 Å². The first-order chi connectivity index (χ1) is 18.9. The van der Waals surface area contributed by atoms with Gasteiger partial charge in [-0.2, -0.15) is 0 Å². The number of nitrogens with one attached hydrogen (secondary N) is 1. The third-order valence-electron chi connectivity index (χ3n) is 7.57. The number of ether oxygens (including phenoxy) is 1. The van der Waals surface area contributed by atoms with E-state index in [1.807, 2.05) is 18.2 Å². The van der Waals surface area contributed by atoms with Crippen molar-refractivity contribution in [1.29, 1.82) is 0 Å². The van der Waals surface area contributed by atoms with Crippen molar-refractivity contribution in [2.24, 2.45) is 5.92 Å². The van der Waals surface area contributed by atoms with Gasteiger partial charge in [-0.3, -0.25) is 0 Å². The fourth-order valence-electron chi connectivity index (χ4n) is 5.42. The molecule has 0 radical (unpaired) electrons. The third kappa shape index (κ3) is 6.10. The van der Waals surface area contributed by atoms with Gasteiger partial charge < -0.3 is 20.1 Å². The zero-order valence-electron chi connectivity index (χ0n) is 21.7. The molecule has 5 rings (SSSR count). The van der Waals surface area contributed by atoms with Crippen LogP contribution in [0, 0.1) is 11.7 Å². The Morgan fingerprint density at radius 3 is 2.54 bits per heavy atom. The molecule has 1 heterocycles. The molecule has 7 heteroatoms. The Morgan fingerprint density at radius 2 is 1.77 bits per heavy atom. The number of halogens is 1. The van der Waals surface area contributed by atoms with Gasteiger partial charge in [0.15, 0.2) is 0 Å². The molecule has 39 heavy (non-hydrogen) atoms. The van der Waals surface area contributed by atoms with Crippen molar-refractivity contribution >= 4 is 22.8 Å². The summed E-state index contributed by atoms with van der Waals surface area (Å²) in [6, 6.07) is 27.1. The first kappa shape index (κ1) is 26.4. The van der Waals surface area contributed by atoms with Gasteiger partial charge in [0.05, 0.1) is 5.56 Å². The number of carboxylic acids is 1. The summed E-state index contributed by atoms with van der Waals surface area (Å²) >= 11 is 0. The van der Waals surface area contributed by atoms with Crippen LogP contribution in [0.4, 0.5) is 9.18 Å². The number of likely N-dealkylation sites (tertiary alicyclic amines) is 1. The van der Waals surface area contributed by atoms with Gasteiger partial charge in [-0.05, 0) is 84.1 Å². The molecule has 2 unspecified atom stereocenters. The van der Waals surface area contributed by atoms with E-state index in [4.69, 9.17) is 9.84 Å². The monoisotopic (exact) mass is 526 g/mol. The highest BCUT2D eigenvalue weighted by atomic mass is 19.1. The van der Waals surface area contributed by atoms with Crippen LogP contribution in [-0.2, 0) is 0 Å². The van der Waals surface area contributed by atoms with Crippen molar-refractivity contribution in [1.82, 2.24) is 10.2 Å². The first-order valence-corrected chi connectivity index (χ1v) is 13.2. The first-order valence-electron chi connectivity index (χ1n) is 13.2. The van der Waals surface area contributed by atoms with Crippen LogP contribution in [0.25, 0.3) is 10.8 Å². The molecule has 0 spiro atoms. The predicted molar refractivity (Wildman–Crippen MR) is 149 cm³/mol. The van der Waals surface area contributed by atoms with Crippen molar-refractivity contribution in [3.05, 3.63) is 114 Å². The minimum absolute atomic E-state index is 0.0800. The Balaban J connectivity index is 1.30. The molecule has 1 fully saturated rings. The third-order valence-corrected chi connectivity index (χ3v) is 7.57. The molecule has 1 saturated heterocycles. The lowest BCUT2D eigenvalue weighted by Gasteiger charge is -2.39. The standard InChI is InChI=1S/C32H31FN2O4/c1-21(28-11-5-7-22-6-2-3-10-29(22)28)34-19-25-16-17-35(20-30(25)24-8-4-9-26(33)18-24)32(38)39-27-14-12-23(13-15-27)31(36)37/h2-15,18,21,25,30,34H,16-17,19-20H2,1H3,(H,36,37)/t21-,25?,30?/m1/s1. The van der Waals surface area contributed by atoms with Crippen LogP contribution in [0.3, 0.4) is 0 Å². The van der Waals surface area contributed by atoms with Crippen molar-refractivity contribution < 1.29 is 23.8 Å². The maximum atomic E-state index is 14.2. The van der Waals surface area contributed by atoms with Crippen LogP contribution in [0.5, 0.6) is 5.75 Å². The summed E-state index contributed by atoms with van der Waals surface area (Å²) in [5.41, 5.74) is 2.19. The zero-order valence-corrected chi connectivity index (χ0v) is 21.7. The quantitative estimate of drug-likeness (QED) is 0.283. The zero-order chi connectivity index (χ0) is 27.4. The molecule has 1 aliphatic heterocycles. The molecule has 4 aromatic rings. The molecule has 0 saturated carbocycles. The molecule has 3 atom stereocenters. The predicted octanol–water partition coefficient (Wildman–Crippen LogP) is 6.63. The van der Waals surface area contributed by atoms with Crippen LogP contribution < -0.4 is 10.1 Å². The molecule has 0 aliphatic carbocycles. The van der Waals surface area contributed by atoms with Crippen LogP contribution in [0.1, 0.15) is 46.8 Å². The number of carboxylic acid groups (broad SMARTS) is 1. The van der Waals surface area contributed by atoms with E-state index in [-0.39, 0.29) is 35.0 Å². The minimum Gasteiger partial charge on any atom is -0.478 e. The van der Waals surface area contributed by atoms with Gasteiger partial charge in [0.2, 0.25) is 0 Å². The molecule has 1 amide bonds. The van der Waals surface area contributed by atoms with Crippen molar-refractivity contribution in [2.45, 2.75) is 25.3 Å². The van der Waals surface area contributed by atoms with Crippen molar-refractivity contribution in [3.8, 4) is 5.75 Å². The summed E-state index contributed by atoms with van der Waals surface area (Å²) in [7, 11) is 0. The lowest BCUT2D eigenvalue weighted by atomic mass is 9.80. The van der Waals surface area contributed by atoms with Gasteiger partial charge in [0, 0.05) is 25.0 Å². The van der Waals surface area contributed by atoms with Gasteiger partial charge in [-0.25, -0.2) is 14.0 Å². The number of aromatic carboxylic acids is 1. The number of carbonyl (C=O) groups is 2. The summed E-state index contributed by atoms with van der Waals surface area (Å²) in [5.74, 6) is -0.968. The van der Waals surface area contributed by atoms with Crippen molar-refractivity contribution in [2.75, 3.05) is 19.6 Å². The van der Waals surface area contributed by atoms with E-state index in [0.717, 1.165) is 12.0 Å². The average molecular weight is 527 g/mol. The lowest BCUT2D eigenvalue weighted by Crippen LogP contribution is -2.46. The normalized spacial score (nSPS) is 18.1. The molecule has 4 aromatic carbocycles. The second-order valence-corrected chi connectivity index (χ2v) is 10.1. The van der Waals surface area contributed by atoms with Gasteiger partial charge in [0.1, 0.15) is 11.6 Å². The average Bonchev–Trinajstić information content (AvgIpc) is 2.95. The van der Waals surface area contributed by atoms with Crippen molar-refractivity contribution in [3.63, 3.8) is 0 Å². The van der Waals surface area contributed by atoms with Gasteiger partial charge in [-0.1, -0.05) is 54.6 Å². The van der Waals surface area contributed by atoms with Crippen LogP contribution in [-0.4, -0.2) is 41.7 Å². The summed E-state index contributed by atoms with van der Waals surface area (Å²) in [6.07, 6.45) is 0.221. The molecule has 2 N–H and O–H groups in total. The topological polar surface area (TPSA) is 78.9 Å². The summed E-state index contributed by atoms with van der Waals surface area (Å²) in [5, 5.41) is 15.2. The maximum absolute atomic E-state index is 14.2. The summed E-state index contributed by atoms with van der Waals surface area (Å²) in [6.45, 7) is 3.77. The fourth-order valence-corrected chi connectivity index (χ4v) is 5.42. The number of piperidine rings is 1. The Kier molecular flexibility index (Phi) is 7.89. The second kappa shape index (κ2) is 11.7. The van der Waals surface area contributed by atoms with E-state index < -0.39 is 12.1 Å². The Morgan fingerprint density at radius 1 is 1.03 bits per heavy atom. The number of amides is 1. The maximum Gasteiger partial charge on any atom is 0.415 e. The summed E-state index contributed by atoms with van der Waals surface area (Å²) in [4.78, 5) is 25.7. The molecule has 1 aliphatic rings. The number of hydrogen-bond acceptors (Lipinski definition) is 4. The highest BCUT2D eigenvalue weighted by Gasteiger charge is 2.34. The molecule has 200 valence electrons. The number of hydrogen-bond donors (Lipinski definition) is 2. The highest BCUT2D eigenvalue weighted by molar-refractivity contribution is 5.88. The van der Waals surface area contributed by atoms with E-state index in [1.165, 1.54) is 46.7 Å². The molecular formula is C32H31FN2O4. The Labute approximate surface area is 227 Å². The smallest absolute Gasteiger partial charge is 0.415 e. The number of nitrogens with zero attached hydrogens (tertiary/aromatic N) is 1. The van der Waals surface area contributed by atoms with E-state index in [2.05, 4.69) is 42.6 Å². The van der Waals surface area contributed by atoms with Gasteiger partial charge in [-0.15, -0.1) is 0 Å². The van der Waals surface area contributed by atoms with Gasteiger partial charge >= 0.3 is 12.1 Å². The fraction of sp³-hybridized carbons (Fsp3) is 0.250. The number of carbonyl (C=O) groups excluding carboxylic acids is 1. The molecule has 0 aromatic heterocycles. The minimum atomic E-state index is -1.05. The summed E-state index contributed by atoms with van der Waals surface area (Å²) < 4.78 is 19.7. The molecule has 0 bridgehead atoms. The SMILES string of the molecule is C[C@@H](NCC1CCN(C(=O)Oc2ccc(C(=O)O)cc2)CC1c1cccc(F)c1)c1cccc2ccccc12. The number of rotatable bonds is 7. The van der Waals surface area contributed by atoms with E-state index in [0.29, 0.717) is 19.6 Å². The number of benzene rings is 4. The largest absolute Gasteiger partial charge is 0.478 e. The van der Waals surface area contributed by atoms with Crippen LogP contribution in [0.2, 0.25) is 0 Å². The van der Waals surface area contributed by atoms with E-state index >= 15 is 0 Å². The lowest BCUT2D eigenvalue weighted by molar-refractivity contribution is 0.0697. The number of fused-ring (bicyclic) bond motifs is 1. The molecular weight excluding hydrogens is 495 g/mol.